The van der Waals surface area contributed by atoms with E-state index in [0.29, 0.717) is 17.0 Å². The molecule has 3 heterocycles. The summed E-state index contributed by atoms with van der Waals surface area (Å²) in [5.41, 5.74) is 1.26. The maximum atomic E-state index is 13.3. The first kappa shape index (κ1) is 17.6. The average molecular weight is 368 g/mol. The largest absolute Gasteiger partial charge is 0.476 e. The van der Waals surface area contributed by atoms with E-state index in [9.17, 15) is 9.59 Å². The number of fused-ring (bicyclic) bond motifs is 1. The van der Waals surface area contributed by atoms with E-state index in [2.05, 4.69) is 10.4 Å². The number of piperidine rings is 1. The molecule has 1 atom stereocenters. The van der Waals surface area contributed by atoms with E-state index in [1.165, 1.54) is 0 Å². The average Bonchev–Trinajstić information content (AvgIpc) is 3.08. The van der Waals surface area contributed by atoms with Crippen molar-refractivity contribution in [3.05, 3.63) is 41.7 Å². The zero-order valence-electron chi connectivity index (χ0n) is 15.9. The zero-order chi connectivity index (χ0) is 19.2. The molecule has 2 amide bonds. The van der Waals surface area contributed by atoms with Crippen molar-refractivity contribution in [2.24, 2.45) is 7.05 Å². The normalized spacial score (nSPS) is 21.2. The van der Waals surface area contributed by atoms with Crippen molar-refractivity contribution in [1.29, 1.82) is 0 Å². The molecule has 0 saturated carbocycles. The van der Waals surface area contributed by atoms with E-state index < -0.39 is 5.60 Å². The molecular weight excluding hydrogens is 344 g/mol. The summed E-state index contributed by atoms with van der Waals surface area (Å²) in [6.45, 7) is 4.14. The number of benzene rings is 1. The number of amides is 2. The van der Waals surface area contributed by atoms with Crippen LogP contribution in [-0.4, -0.2) is 38.6 Å². The lowest BCUT2D eigenvalue weighted by atomic mass is 9.96. The van der Waals surface area contributed by atoms with Crippen LogP contribution in [0.4, 0.5) is 5.69 Å². The van der Waals surface area contributed by atoms with Crippen LogP contribution in [0.1, 0.15) is 55.1 Å². The quantitative estimate of drug-likeness (QED) is 0.884. The fourth-order valence-corrected chi connectivity index (χ4v) is 3.74. The van der Waals surface area contributed by atoms with E-state index in [1.807, 2.05) is 24.3 Å². The van der Waals surface area contributed by atoms with Gasteiger partial charge in [0.25, 0.3) is 11.8 Å². The van der Waals surface area contributed by atoms with Gasteiger partial charge in [0.15, 0.2) is 5.60 Å². The highest BCUT2D eigenvalue weighted by Gasteiger charge is 2.36. The Hall–Kier alpha value is -2.83. The van der Waals surface area contributed by atoms with E-state index in [0.717, 1.165) is 31.4 Å². The van der Waals surface area contributed by atoms with Gasteiger partial charge in [-0.15, -0.1) is 0 Å². The van der Waals surface area contributed by atoms with Crippen molar-refractivity contribution in [3.8, 4) is 5.75 Å². The maximum Gasteiger partial charge on any atom is 0.268 e. The van der Waals surface area contributed by atoms with Crippen molar-refractivity contribution in [1.82, 2.24) is 14.7 Å². The second-order valence-corrected chi connectivity index (χ2v) is 7.73. The molecule has 1 aromatic carbocycles. The van der Waals surface area contributed by atoms with Gasteiger partial charge in [0.05, 0.1) is 17.9 Å². The number of hydrogen-bond acceptors (Lipinski definition) is 4. The fraction of sp³-hybridized carbons (Fsp3) is 0.450. The summed E-state index contributed by atoms with van der Waals surface area (Å²) in [6.07, 6.45) is 6.83. The third-order valence-corrected chi connectivity index (χ3v) is 5.26. The summed E-state index contributed by atoms with van der Waals surface area (Å²) in [6, 6.07) is 5.25. The molecule has 1 unspecified atom stereocenters. The van der Waals surface area contributed by atoms with Crippen LogP contribution in [0.5, 0.6) is 5.75 Å². The number of aryl methyl sites for hydroxylation is 1. The molecule has 0 spiro atoms. The summed E-state index contributed by atoms with van der Waals surface area (Å²) in [7, 11) is 1.88. The maximum absolute atomic E-state index is 13.3. The summed E-state index contributed by atoms with van der Waals surface area (Å²) < 4.78 is 7.60. The highest BCUT2D eigenvalue weighted by molar-refractivity contribution is 6.02. The first-order valence-electron chi connectivity index (χ1n) is 9.29. The Labute approximate surface area is 158 Å². The molecule has 1 fully saturated rings. The number of aromatic nitrogens is 2. The van der Waals surface area contributed by atoms with Gasteiger partial charge in [-0.3, -0.25) is 14.3 Å². The SMILES string of the molecule is Cn1cc(C2CCCCN2C(=O)c2ccc3c(c2)OC(C)(C)C(=O)N3)cn1. The molecule has 142 valence electrons. The molecule has 2 aliphatic heterocycles. The summed E-state index contributed by atoms with van der Waals surface area (Å²) >= 11 is 0. The van der Waals surface area contributed by atoms with Crippen molar-refractivity contribution >= 4 is 17.5 Å². The van der Waals surface area contributed by atoms with Crippen LogP contribution >= 0.6 is 0 Å². The molecule has 7 nitrogen and oxygen atoms in total. The van der Waals surface area contributed by atoms with Crippen molar-refractivity contribution in [2.75, 3.05) is 11.9 Å². The lowest BCUT2D eigenvalue weighted by Crippen LogP contribution is -2.45. The second-order valence-electron chi connectivity index (χ2n) is 7.73. The second kappa shape index (κ2) is 6.40. The topological polar surface area (TPSA) is 76.5 Å². The van der Waals surface area contributed by atoms with Gasteiger partial charge in [0.2, 0.25) is 0 Å². The van der Waals surface area contributed by atoms with Gasteiger partial charge in [-0.1, -0.05) is 0 Å². The predicted molar refractivity (Wildman–Crippen MR) is 101 cm³/mol. The third kappa shape index (κ3) is 3.18. The molecule has 4 rings (SSSR count). The Kier molecular flexibility index (Phi) is 4.17. The molecule has 0 aliphatic carbocycles. The van der Waals surface area contributed by atoms with Crippen LogP contribution < -0.4 is 10.1 Å². The molecule has 0 radical (unpaired) electrons. The Morgan fingerprint density at radius 2 is 2.15 bits per heavy atom. The Bertz CT molecular complexity index is 902. The predicted octanol–water partition coefficient (Wildman–Crippen LogP) is 2.90. The number of carbonyl (C=O) groups is 2. The van der Waals surface area contributed by atoms with Gasteiger partial charge in [0.1, 0.15) is 5.75 Å². The van der Waals surface area contributed by atoms with E-state index in [4.69, 9.17) is 4.74 Å². The Morgan fingerprint density at radius 1 is 1.33 bits per heavy atom. The minimum absolute atomic E-state index is 0.0235. The van der Waals surface area contributed by atoms with Crippen LogP contribution in [0.3, 0.4) is 0 Å². The van der Waals surface area contributed by atoms with Crippen LogP contribution in [0.25, 0.3) is 0 Å². The number of carbonyl (C=O) groups excluding carboxylic acids is 2. The standard InChI is InChI=1S/C20H24N4O3/c1-20(2)19(26)22-15-8-7-13(10-17(15)27-20)18(25)24-9-5-4-6-16(24)14-11-21-23(3)12-14/h7-8,10-12,16H,4-6,9H2,1-3H3,(H,22,26). The number of ether oxygens (including phenoxy) is 1. The Balaban J connectivity index is 1.63. The molecular formula is C20H24N4O3. The van der Waals surface area contributed by atoms with Crippen LogP contribution in [0.2, 0.25) is 0 Å². The number of likely N-dealkylation sites (tertiary alicyclic amines) is 1. The number of hydrogen-bond donors (Lipinski definition) is 1. The monoisotopic (exact) mass is 368 g/mol. The third-order valence-electron chi connectivity index (χ3n) is 5.26. The van der Waals surface area contributed by atoms with Gasteiger partial charge in [0, 0.05) is 30.9 Å². The number of nitrogens with zero attached hydrogens (tertiary/aromatic N) is 3. The van der Waals surface area contributed by atoms with Crippen molar-refractivity contribution in [2.45, 2.75) is 44.8 Å². The number of nitrogens with one attached hydrogen (secondary N) is 1. The van der Waals surface area contributed by atoms with Gasteiger partial charge >= 0.3 is 0 Å². The Morgan fingerprint density at radius 3 is 2.89 bits per heavy atom. The van der Waals surface area contributed by atoms with Gasteiger partial charge in [-0.25, -0.2) is 0 Å². The van der Waals surface area contributed by atoms with E-state index >= 15 is 0 Å². The van der Waals surface area contributed by atoms with Crippen LogP contribution in [-0.2, 0) is 11.8 Å². The summed E-state index contributed by atoms with van der Waals surface area (Å²) in [4.78, 5) is 27.2. The first-order chi connectivity index (χ1) is 12.8. The fourth-order valence-electron chi connectivity index (χ4n) is 3.74. The lowest BCUT2D eigenvalue weighted by Gasteiger charge is -2.36. The summed E-state index contributed by atoms with van der Waals surface area (Å²) in [5, 5.41) is 7.09. The molecule has 7 heteroatoms. The van der Waals surface area contributed by atoms with E-state index in [1.54, 1.807) is 36.7 Å². The van der Waals surface area contributed by atoms with Gasteiger partial charge < -0.3 is 15.0 Å². The minimum atomic E-state index is -0.960. The number of anilines is 1. The van der Waals surface area contributed by atoms with Gasteiger partial charge in [-0.2, -0.15) is 5.10 Å². The highest BCUT2D eigenvalue weighted by Crippen LogP contribution is 2.36. The molecule has 1 saturated heterocycles. The minimum Gasteiger partial charge on any atom is -0.476 e. The van der Waals surface area contributed by atoms with Gasteiger partial charge in [-0.05, 0) is 51.3 Å². The smallest absolute Gasteiger partial charge is 0.268 e. The molecule has 1 N–H and O–H groups in total. The zero-order valence-corrected chi connectivity index (χ0v) is 15.9. The number of rotatable bonds is 2. The molecule has 0 bridgehead atoms. The molecule has 2 aromatic rings. The summed E-state index contributed by atoms with van der Waals surface area (Å²) in [5.74, 6) is 0.312. The van der Waals surface area contributed by atoms with Crippen LogP contribution in [0.15, 0.2) is 30.6 Å². The van der Waals surface area contributed by atoms with Crippen molar-refractivity contribution < 1.29 is 14.3 Å². The highest BCUT2D eigenvalue weighted by atomic mass is 16.5. The van der Waals surface area contributed by atoms with E-state index in [-0.39, 0.29) is 17.9 Å². The van der Waals surface area contributed by atoms with Crippen molar-refractivity contribution in [3.63, 3.8) is 0 Å². The molecule has 27 heavy (non-hydrogen) atoms. The lowest BCUT2D eigenvalue weighted by molar-refractivity contribution is -0.129. The molecule has 1 aromatic heterocycles. The first-order valence-corrected chi connectivity index (χ1v) is 9.29. The molecule has 2 aliphatic rings. The van der Waals surface area contributed by atoms with Crippen LogP contribution in [0, 0.1) is 0 Å².